The highest BCUT2D eigenvalue weighted by Crippen LogP contribution is 2.31. The average Bonchev–Trinajstić information content (AvgIpc) is 2.61. The molecule has 4 rings (SSSR count). The highest BCUT2D eigenvalue weighted by Gasteiger charge is 2.30. The molecule has 1 aromatic heterocycles. The fourth-order valence-corrected chi connectivity index (χ4v) is 3.71. The molecule has 0 radical (unpaired) electrons. The molecule has 1 saturated heterocycles. The van der Waals surface area contributed by atoms with Gasteiger partial charge in [-0.1, -0.05) is 30.3 Å². The van der Waals surface area contributed by atoms with Crippen LogP contribution in [0.25, 0.3) is 0 Å². The van der Waals surface area contributed by atoms with E-state index in [1.807, 2.05) is 6.07 Å². The Labute approximate surface area is 143 Å². The first-order chi connectivity index (χ1) is 11.7. The van der Waals surface area contributed by atoms with E-state index >= 15 is 0 Å². The average molecular weight is 324 g/mol. The van der Waals surface area contributed by atoms with Crippen molar-refractivity contribution in [2.24, 2.45) is 0 Å². The van der Waals surface area contributed by atoms with E-state index in [2.05, 4.69) is 58.0 Å². The second kappa shape index (κ2) is 6.49. The molecule has 2 aliphatic heterocycles. The molecule has 2 atom stereocenters. The van der Waals surface area contributed by atoms with Gasteiger partial charge in [0.15, 0.2) is 0 Å². The van der Waals surface area contributed by atoms with Crippen molar-refractivity contribution in [1.82, 2.24) is 14.9 Å². The zero-order valence-electron chi connectivity index (χ0n) is 14.4. The summed E-state index contributed by atoms with van der Waals surface area (Å²) in [6.07, 6.45) is 2.98. The van der Waals surface area contributed by atoms with Crippen LogP contribution in [0.15, 0.2) is 36.7 Å². The van der Waals surface area contributed by atoms with Crippen LogP contribution in [-0.4, -0.2) is 47.7 Å². The van der Waals surface area contributed by atoms with Crippen LogP contribution in [0.3, 0.4) is 0 Å². The number of ether oxygens (including phenoxy) is 1. The summed E-state index contributed by atoms with van der Waals surface area (Å²) in [5.41, 5.74) is 3.72. The SMILES string of the molecule is C[C@@H]1CN(c2ncnc3c2CN(C)CC3)C[C@H](c2ccccc2)O1. The van der Waals surface area contributed by atoms with Crippen molar-refractivity contribution in [2.45, 2.75) is 32.1 Å². The van der Waals surface area contributed by atoms with Crippen LogP contribution in [0, 0.1) is 0 Å². The second-order valence-corrected chi connectivity index (χ2v) is 6.86. The van der Waals surface area contributed by atoms with Gasteiger partial charge in [0.2, 0.25) is 0 Å². The van der Waals surface area contributed by atoms with Crippen molar-refractivity contribution in [3.8, 4) is 0 Å². The highest BCUT2D eigenvalue weighted by molar-refractivity contribution is 5.50. The Morgan fingerprint density at radius 1 is 1.12 bits per heavy atom. The lowest BCUT2D eigenvalue weighted by Gasteiger charge is -2.39. The molecule has 5 heteroatoms. The third-order valence-corrected chi connectivity index (χ3v) is 4.90. The Morgan fingerprint density at radius 2 is 1.96 bits per heavy atom. The number of hydrogen-bond acceptors (Lipinski definition) is 5. The number of rotatable bonds is 2. The summed E-state index contributed by atoms with van der Waals surface area (Å²) in [5.74, 6) is 1.09. The number of morpholine rings is 1. The molecular formula is C19H24N4O. The molecule has 3 heterocycles. The third-order valence-electron chi connectivity index (χ3n) is 4.90. The van der Waals surface area contributed by atoms with Gasteiger partial charge in [-0.05, 0) is 19.5 Å². The molecule has 2 aliphatic rings. The van der Waals surface area contributed by atoms with E-state index in [9.17, 15) is 0 Å². The van der Waals surface area contributed by atoms with Crippen molar-refractivity contribution in [1.29, 1.82) is 0 Å². The van der Waals surface area contributed by atoms with Crippen LogP contribution in [0.1, 0.15) is 29.8 Å². The number of hydrogen-bond donors (Lipinski definition) is 0. The molecule has 0 unspecified atom stereocenters. The quantitative estimate of drug-likeness (QED) is 0.849. The Hall–Kier alpha value is -1.98. The van der Waals surface area contributed by atoms with Gasteiger partial charge >= 0.3 is 0 Å². The minimum absolute atomic E-state index is 0.0851. The Balaban J connectivity index is 1.64. The minimum Gasteiger partial charge on any atom is -0.367 e. The van der Waals surface area contributed by atoms with E-state index in [0.29, 0.717) is 0 Å². The van der Waals surface area contributed by atoms with Crippen molar-refractivity contribution < 1.29 is 4.74 Å². The Bertz CT molecular complexity index is 706. The summed E-state index contributed by atoms with van der Waals surface area (Å²) >= 11 is 0. The van der Waals surface area contributed by atoms with Crippen molar-refractivity contribution in [3.05, 3.63) is 53.5 Å². The lowest BCUT2D eigenvalue weighted by molar-refractivity contribution is -0.0177. The molecule has 0 spiro atoms. The van der Waals surface area contributed by atoms with E-state index in [4.69, 9.17) is 4.74 Å². The van der Waals surface area contributed by atoms with E-state index in [1.54, 1.807) is 6.33 Å². The fourth-order valence-electron chi connectivity index (χ4n) is 3.71. The molecule has 0 aliphatic carbocycles. The lowest BCUT2D eigenvalue weighted by Crippen LogP contribution is -2.44. The summed E-state index contributed by atoms with van der Waals surface area (Å²) in [6, 6.07) is 10.5. The van der Waals surface area contributed by atoms with Crippen LogP contribution in [0.2, 0.25) is 0 Å². The van der Waals surface area contributed by atoms with E-state index in [-0.39, 0.29) is 12.2 Å². The maximum Gasteiger partial charge on any atom is 0.136 e. The smallest absolute Gasteiger partial charge is 0.136 e. The minimum atomic E-state index is 0.0851. The molecule has 1 fully saturated rings. The van der Waals surface area contributed by atoms with Gasteiger partial charge in [0.1, 0.15) is 18.2 Å². The first-order valence-corrected chi connectivity index (χ1v) is 8.67. The van der Waals surface area contributed by atoms with Crippen molar-refractivity contribution >= 4 is 5.82 Å². The number of fused-ring (bicyclic) bond motifs is 1. The van der Waals surface area contributed by atoms with E-state index in [0.717, 1.165) is 38.4 Å². The zero-order valence-corrected chi connectivity index (χ0v) is 14.4. The van der Waals surface area contributed by atoms with Gasteiger partial charge in [0.05, 0.1) is 11.8 Å². The maximum atomic E-state index is 6.19. The predicted octanol–water partition coefficient (Wildman–Crippen LogP) is 2.43. The molecule has 0 saturated carbocycles. The van der Waals surface area contributed by atoms with Crippen molar-refractivity contribution in [3.63, 3.8) is 0 Å². The van der Waals surface area contributed by atoms with Gasteiger partial charge in [-0.2, -0.15) is 0 Å². The molecule has 0 N–H and O–H groups in total. The number of likely N-dealkylation sites (N-methyl/N-ethyl adjacent to an activating group) is 1. The molecule has 0 bridgehead atoms. The summed E-state index contributed by atoms with van der Waals surface area (Å²) in [7, 11) is 2.16. The Morgan fingerprint density at radius 3 is 2.79 bits per heavy atom. The van der Waals surface area contributed by atoms with Gasteiger partial charge in [-0.3, -0.25) is 0 Å². The normalized spacial score (nSPS) is 24.7. The third kappa shape index (κ3) is 3.01. The predicted molar refractivity (Wildman–Crippen MR) is 94.0 cm³/mol. The summed E-state index contributed by atoms with van der Waals surface area (Å²) in [5, 5.41) is 0. The van der Waals surface area contributed by atoms with E-state index in [1.165, 1.54) is 16.8 Å². The first kappa shape index (κ1) is 15.5. The van der Waals surface area contributed by atoms with Crippen LogP contribution in [-0.2, 0) is 17.7 Å². The number of benzene rings is 1. The number of anilines is 1. The standard InChI is InChI=1S/C19H24N4O/c1-14-10-23(12-18(24-14)15-6-4-3-5-7-15)19-16-11-22(2)9-8-17(16)20-13-21-19/h3-7,13-14,18H,8-12H2,1-2H3/t14-,18-/m1/s1. The molecule has 24 heavy (non-hydrogen) atoms. The molecule has 1 aromatic carbocycles. The summed E-state index contributed by atoms with van der Waals surface area (Å²) in [6.45, 7) is 5.84. The molecule has 5 nitrogen and oxygen atoms in total. The van der Waals surface area contributed by atoms with Crippen LogP contribution >= 0.6 is 0 Å². The van der Waals surface area contributed by atoms with Crippen LogP contribution in [0.5, 0.6) is 0 Å². The highest BCUT2D eigenvalue weighted by atomic mass is 16.5. The van der Waals surface area contributed by atoms with Crippen LogP contribution in [0.4, 0.5) is 5.82 Å². The zero-order chi connectivity index (χ0) is 16.5. The summed E-state index contributed by atoms with van der Waals surface area (Å²) < 4.78 is 6.19. The summed E-state index contributed by atoms with van der Waals surface area (Å²) in [4.78, 5) is 13.9. The monoisotopic (exact) mass is 324 g/mol. The van der Waals surface area contributed by atoms with Gasteiger partial charge in [0, 0.05) is 38.2 Å². The van der Waals surface area contributed by atoms with Gasteiger partial charge < -0.3 is 14.5 Å². The van der Waals surface area contributed by atoms with E-state index < -0.39 is 0 Å². The fraction of sp³-hybridized carbons (Fsp3) is 0.474. The Kier molecular flexibility index (Phi) is 4.21. The maximum absolute atomic E-state index is 6.19. The lowest BCUT2D eigenvalue weighted by atomic mass is 10.0. The van der Waals surface area contributed by atoms with Gasteiger partial charge in [-0.25, -0.2) is 9.97 Å². The second-order valence-electron chi connectivity index (χ2n) is 6.86. The van der Waals surface area contributed by atoms with Crippen LogP contribution < -0.4 is 4.90 Å². The topological polar surface area (TPSA) is 41.5 Å². The van der Waals surface area contributed by atoms with Crippen molar-refractivity contribution in [2.75, 3.05) is 31.6 Å². The number of nitrogens with zero attached hydrogens (tertiary/aromatic N) is 4. The largest absolute Gasteiger partial charge is 0.367 e. The molecule has 2 aromatic rings. The number of aromatic nitrogens is 2. The molecule has 0 amide bonds. The first-order valence-electron chi connectivity index (χ1n) is 8.67. The molecule has 126 valence electrons. The van der Waals surface area contributed by atoms with Gasteiger partial charge in [-0.15, -0.1) is 0 Å². The molecular weight excluding hydrogens is 300 g/mol. The van der Waals surface area contributed by atoms with Gasteiger partial charge in [0.25, 0.3) is 0 Å².